The van der Waals surface area contributed by atoms with Gasteiger partial charge in [-0.25, -0.2) is 4.98 Å². The Morgan fingerprint density at radius 1 is 0.418 bits per heavy atom. The second kappa shape index (κ2) is 12.7. The van der Waals surface area contributed by atoms with Crippen LogP contribution in [0, 0.1) is 0 Å². The summed E-state index contributed by atoms with van der Waals surface area (Å²) in [4.78, 5) is 7.59. The van der Waals surface area contributed by atoms with Crippen molar-refractivity contribution in [2.75, 3.05) is 4.90 Å². The summed E-state index contributed by atoms with van der Waals surface area (Å²) in [5, 5.41) is 4.94. The molecule has 0 bridgehead atoms. The molecule has 2 heterocycles. The molecule has 3 heteroatoms. The maximum Gasteiger partial charge on any atom is 0.138 e. The van der Waals surface area contributed by atoms with E-state index in [2.05, 4.69) is 211 Å². The molecule has 0 radical (unpaired) electrons. The number of fused-ring (bicyclic) bond motifs is 7. The molecule has 258 valence electrons. The van der Waals surface area contributed by atoms with Crippen molar-refractivity contribution in [2.45, 2.75) is 5.41 Å². The minimum absolute atomic E-state index is 0.502. The molecule has 0 fully saturated rings. The minimum Gasteiger partial charge on any atom is -0.295 e. The lowest BCUT2D eigenvalue weighted by atomic mass is 9.67. The van der Waals surface area contributed by atoms with Gasteiger partial charge in [-0.05, 0) is 97.7 Å². The van der Waals surface area contributed by atoms with Gasteiger partial charge in [-0.15, -0.1) is 11.3 Å². The molecule has 0 aliphatic heterocycles. The second-order valence-corrected chi connectivity index (χ2v) is 15.4. The maximum absolute atomic E-state index is 5.26. The Morgan fingerprint density at radius 2 is 0.982 bits per heavy atom. The molecule has 55 heavy (non-hydrogen) atoms. The van der Waals surface area contributed by atoms with Crippen molar-refractivity contribution in [1.29, 1.82) is 0 Å². The topological polar surface area (TPSA) is 16.1 Å². The number of rotatable bonds is 6. The Morgan fingerprint density at radius 3 is 1.71 bits per heavy atom. The van der Waals surface area contributed by atoms with E-state index in [1.807, 2.05) is 11.3 Å². The van der Waals surface area contributed by atoms with E-state index in [1.165, 1.54) is 75.5 Å². The molecule has 11 rings (SSSR count). The third-order valence-corrected chi connectivity index (χ3v) is 12.5. The average molecular weight is 719 g/mol. The minimum atomic E-state index is -0.502. The van der Waals surface area contributed by atoms with Crippen LogP contribution in [0.15, 0.2) is 206 Å². The van der Waals surface area contributed by atoms with Crippen LogP contribution >= 0.6 is 11.3 Å². The van der Waals surface area contributed by atoms with E-state index in [1.54, 1.807) is 0 Å². The average Bonchev–Trinajstić information content (AvgIpc) is 3.76. The zero-order valence-electron chi connectivity index (χ0n) is 29.9. The van der Waals surface area contributed by atoms with Crippen LogP contribution in [0.4, 0.5) is 17.2 Å². The molecule has 0 N–H and O–H groups in total. The Balaban J connectivity index is 1.15. The van der Waals surface area contributed by atoms with E-state index in [0.717, 1.165) is 17.2 Å². The molecule has 0 spiro atoms. The second-order valence-electron chi connectivity index (χ2n) is 14.3. The molecule has 1 aliphatic carbocycles. The van der Waals surface area contributed by atoms with E-state index in [9.17, 15) is 0 Å². The summed E-state index contributed by atoms with van der Waals surface area (Å²) < 4.78 is 2.50. The first kappa shape index (κ1) is 31.7. The maximum atomic E-state index is 5.26. The smallest absolute Gasteiger partial charge is 0.138 e. The Labute approximate surface area is 324 Å². The summed E-state index contributed by atoms with van der Waals surface area (Å²) in [6, 6.07) is 73.0. The van der Waals surface area contributed by atoms with Crippen LogP contribution in [-0.2, 0) is 5.41 Å². The number of nitrogens with zero attached hydrogens (tertiary/aromatic N) is 2. The highest BCUT2D eigenvalue weighted by molar-refractivity contribution is 7.25. The van der Waals surface area contributed by atoms with Gasteiger partial charge >= 0.3 is 0 Å². The first-order valence-corrected chi connectivity index (χ1v) is 19.6. The molecule has 2 nitrogen and oxygen atoms in total. The van der Waals surface area contributed by atoms with Crippen LogP contribution in [0.25, 0.3) is 53.2 Å². The van der Waals surface area contributed by atoms with Crippen LogP contribution < -0.4 is 4.90 Å². The third kappa shape index (κ3) is 4.97. The zero-order valence-corrected chi connectivity index (χ0v) is 30.7. The summed E-state index contributed by atoms with van der Waals surface area (Å²) in [5.41, 5.74) is 11.6. The number of hydrogen-bond donors (Lipinski definition) is 0. The van der Waals surface area contributed by atoms with Gasteiger partial charge in [0.05, 0.1) is 5.41 Å². The SMILES string of the molecule is c1ccc(-c2ccc(N(c3ccc4c(c3)C(c3ccccc3)(c3ccccc3)c3ccccc3-4)c3cc4sc5cc6ccccc6cc5c4cn3)cc2)cc1. The van der Waals surface area contributed by atoms with Gasteiger partial charge in [0.2, 0.25) is 0 Å². The van der Waals surface area contributed by atoms with Crippen molar-refractivity contribution in [3.05, 3.63) is 229 Å². The van der Waals surface area contributed by atoms with Crippen LogP contribution in [0.2, 0.25) is 0 Å². The molecule has 8 aromatic carbocycles. The predicted molar refractivity (Wildman–Crippen MR) is 232 cm³/mol. The number of aromatic nitrogens is 1. The molecule has 10 aromatic rings. The summed E-state index contributed by atoms with van der Waals surface area (Å²) >= 11 is 1.84. The van der Waals surface area contributed by atoms with Crippen LogP contribution in [-0.4, -0.2) is 4.98 Å². The standard InChI is InChI=1S/C52H34N2S/c1-4-14-35(15-5-1)36-24-26-41(27-25-36)54(51-33-50-46(34-53-51)45-30-37-16-10-11-17-38(37)31-49(45)55-50)42-28-29-44-43-22-12-13-23-47(43)52(48(44)32-42,39-18-6-2-7-19-39)40-20-8-3-9-21-40/h1-34H. The van der Waals surface area contributed by atoms with Gasteiger partial charge in [0.25, 0.3) is 0 Å². The monoisotopic (exact) mass is 718 g/mol. The quantitative estimate of drug-likeness (QED) is 0.170. The van der Waals surface area contributed by atoms with E-state index in [4.69, 9.17) is 4.98 Å². The molecule has 0 saturated carbocycles. The van der Waals surface area contributed by atoms with Gasteiger partial charge in [0.1, 0.15) is 5.82 Å². The van der Waals surface area contributed by atoms with Gasteiger partial charge in [-0.3, -0.25) is 4.90 Å². The molecular weight excluding hydrogens is 685 g/mol. The van der Waals surface area contributed by atoms with Crippen molar-refractivity contribution in [3.8, 4) is 22.3 Å². The number of pyridine rings is 1. The highest BCUT2D eigenvalue weighted by Crippen LogP contribution is 2.57. The summed E-state index contributed by atoms with van der Waals surface area (Å²) in [6.45, 7) is 0. The van der Waals surface area contributed by atoms with E-state index < -0.39 is 5.41 Å². The Kier molecular flexibility index (Phi) is 7.29. The fraction of sp³-hybridized carbons (Fsp3) is 0.0192. The number of hydrogen-bond acceptors (Lipinski definition) is 3. The fourth-order valence-electron chi connectivity index (χ4n) is 8.89. The summed E-state index contributed by atoms with van der Waals surface area (Å²) in [6.07, 6.45) is 2.07. The normalized spacial score (nSPS) is 12.9. The predicted octanol–water partition coefficient (Wildman–Crippen LogP) is 14.1. The molecule has 0 amide bonds. The lowest BCUT2D eigenvalue weighted by molar-refractivity contribution is 0.768. The van der Waals surface area contributed by atoms with E-state index in [-0.39, 0.29) is 0 Å². The number of benzene rings is 8. The van der Waals surface area contributed by atoms with Crippen molar-refractivity contribution >= 4 is 59.5 Å². The Hall–Kier alpha value is -6.81. The zero-order chi connectivity index (χ0) is 36.3. The van der Waals surface area contributed by atoms with Gasteiger partial charge in [-0.2, -0.15) is 0 Å². The van der Waals surface area contributed by atoms with Gasteiger partial charge in [-0.1, -0.05) is 158 Å². The molecule has 0 atom stereocenters. The van der Waals surface area contributed by atoms with Gasteiger partial charge in [0.15, 0.2) is 0 Å². The first-order chi connectivity index (χ1) is 27.3. The largest absolute Gasteiger partial charge is 0.295 e. The van der Waals surface area contributed by atoms with Gasteiger partial charge < -0.3 is 0 Å². The fourth-order valence-corrected chi connectivity index (χ4v) is 10.0. The summed E-state index contributed by atoms with van der Waals surface area (Å²) in [7, 11) is 0. The molecule has 1 aliphatic rings. The lowest BCUT2D eigenvalue weighted by Gasteiger charge is -2.34. The Bertz CT molecular complexity index is 2980. The van der Waals surface area contributed by atoms with Crippen LogP contribution in [0.1, 0.15) is 22.3 Å². The molecular formula is C52H34N2S. The highest BCUT2D eigenvalue weighted by atomic mass is 32.1. The molecule has 0 saturated heterocycles. The van der Waals surface area contributed by atoms with Crippen LogP contribution in [0.5, 0.6) is 0 Å². The number of thiophene rings is 1. The van der Waals surface area contributed by atoms with Crippen molar-refractivity contribution in [2.24, 2.45) is 0 Å². The van der Waals surface area contributed by atoms with Crippen molar-refractivity contribution in [1.82, 2.24) is 4.98 Å². The van der Waals surface area contributed by atoms with Crippen molar-refractivity contribution in [3.63, 3.8) is 0 Å². The van der Waals surface area contributed by atoms with Crippen molar-refractivity contribution < 1.29 is 0 Å². The van der Waals surface area contributed by atoms with E-state index in [0.29, 0.717) is 0 Å². The van der Waals surface area contributed by atoms with Gasteiger partial charge in [0, 0.05) is 37.7 Å². The molecule has 0 unspecified atom stereocenters. The lowest BCUT2D eigenvalue weighted by Crippen LogP contribution is -2.28. The summed E-state index contributed by atoms with van der Waals surface area (Å²) in [5.74, 6) is 0.886. The number of anilines is 3. The van der Waals surface area contributed by atoms with Crippen LogP contribution in [0.3, 0.4) is 0 Å². The highest BCUT2D eigenvalue weighted by Gasteiger charge is 2.46. The first-order valence-electron chi connectivity index (χ1n) is 18.8. The molecule has 2 aromatic heterocycles. The van der Waals surface area contributed by atoms with E-state index >= 15 is 0 Å². The third-order valence-electron chi connectivity index (χ3n) is 11.4.